The van der Waals surface area contributed by atoms with Gasteiger partial charge in [-0.3, -0.25) is 19.8 Å². The lowest BCUT2D eigenvalue weighted by atomic mass is 10.1. The van der Waals surface area contributed by atoms with Gasteiger partial charge in [-0.05, 0) is 18.6 Å². The lowest BCUT2D eigenvalue weighted by molar-refractivity contribution is -0.385. The van der Waals surface area contributed by atoms with Crippen molar-refractivity contribution >= 4 is 46.0 Å². The largest absolute Gasteiger partial charge is 0.296 e. The molecule has 1 amide bonds. The summed E-state index contributed by atoms with van der Waals surface area (Å²) in [5, 5.41) is 10.9. The highest BCUT2D eigenvalue weighted by Gasteiger charge is 2.28. The van der Waals surface area contributed by atoms with Crippen molar-refractivity contribution in [3.8, 4) is 0 Å². The Bertz CT molecular complexity index is 625. The first-order chi connectivity index (χ1) is 8.90. The van der Waals surface area contributed by atoms with Gasteiger partial charge in [0.1, 0.15) is 4.32 Å². The highest BCUT2D eigenvalue weighted by atomic mass is 32.2. The third-order valence-corrected chi connectivity index (χ3v) is 4.20. The third kappa shape index (κ3) is 2.66. The van der Waals surface area contributed by atoms with Gasteiger partial charge in [-0.2, -0.15) is 0 Å². The molecule has 1 saturated heterocycles. The number of rotatable bonds is 2. The van der Waals surface area contributed by atoms with E-state index in [0.717, 1.165) is 0 Å². The molecule has 1 aromatic rings. The molecule has 0 N–H and O–H groups in total. The average molecular weight is 294 g/mol. The summed E-state index contributed by atoms with van der Waals surface area (Å²) in [6.45, 7) is 1.67. The fourth-order valence-corrected chi connectivity index (χ4v) is 2.79. The Morgan fingerprint density at radius 1 is 1.47 bits per heavy atom. The molecule has 2 rings (SSSR count). The average Bonchev–Trinajstić information content (AvgIpc) is 2.59. The van der Waals surface area contributed by atoms with Crippen LogP contribution >= 0.6 is 24.0 Å². The molecular formula is C12H10N2O3S2. The summed E-state index contributed by atoms with van der Waals surface area (Å²) in [6, 6.07) is 4.86. The van der Waals surface area contributed by atoms with E-state index in [1.807, 2.05) is 0 Å². The van der Waals surface area contributed by atoms with Crippen molar-refractivity contribution in [3.63, 3.8) is 0 Å². The summed E-state index contributed by atoms with van der Waals surface area (Å²) in [7, 11) is 1.61. The zero-order valence-electron chi connectivity index (χ0n) is 10.2. The first kappa shape index (κ1) is 13.7. The number of aryl methyl sites for hydroxylation is 1. The highest BCUT2D eigenvalue weighted by molar-refractivity contribution is 8.26. The summed E-state index contributed by atoms with van der Waals surface area (Å²) in [5.41, 5.74) is 1.25. The van der Waals surface area contributed by atoms with E-state index in [4.69, 9.17) is 12.2 Å². The number of amides is 1. The number of nitro benzene ring substituents is 1. The number of nitrogens with zero attached hydrogens (tertiary/aromatic N) is 2. The van der Waals surface area contributed by atoms with E-state index < -0.39 is 4.92 Å². The number of thioether (sulfide) groups is 1. The number of hydrogen-bond acceptors (Lipinski definition) is 5. The van der Waals surface area contributed by atoms with Gasteiger partial charge in [0.2, 0.25) is 0 Å². The van der Waals surface area contributed by atoms with Crippen LogP contribution in [0.25, 0.3) is 6.08 Å². The van der Waals surface area contributed by atoms with Crippen LogP contribution in [0, 0.1) is 17.0 Å². The molecule has 0 aliphatic carbocycles. The van der Waals surface area contributed by atoms with E-state index >= 15 is 0 Å². The molecule has 1 heterocycles. The molecule has 1 aliphatic heterocycles. The van der Waals surface area contributed by atoms with Crippen molar-refractivity contribution in [2.45, 2.75) is 6.92 Å². The second-order valence-corrected chi connectivity index (χ2v) is 5.72. The number of carbonyl (C=O) groups excluding carboxylic acids is 1. The predicted molar refractivity (Wildman–Crippen MR) is 78.8 cm³/mol. The van der Waals surface area contributed by atoms with E-state index in [1.54, 1.807) is 32.2 Å². The van der Waals surface area contributed by atoms with Crippen molar-refractivity contribution in [2.75, 3.05) is 7.05 Å². The Morgan fingerprint density at radius 2 is 2.16 bits per heavy atom. The standard InChI is InChI=1S/C12H10N2O3S2/c1-7-3-4-8(5-9(7)14(16)17)6-10-11(15)13(2)12(18)19-10/h3-6H,1-2H3/b10-6-. The minimum absolute atomic E-state index is 0.0423. The first-order valence-corrected chi connectivity index (χ1v) is 6.59. The molecule has 0 atom stereocenters. The summed E-state index contributed by atoms with van der Waals surface area (Å²) in [4.78, 5) is 24.1. The molecule has 0 saturated carbocycles. The lowest BCUT2D eigenvalue weighted by Gasteiger charge is -2.03. The van der Waals surface area contributed by atoms with Gasteiger partial charge in [0.15, 0.2) is 0 Å². The van der Waals surface area contributed by atoms with Crippen molar-refractivity contribution in [1.29, 1.82) is 0 Å². The van der Waals surface area contributed by atoms with E-state index in [1.165, 1.54) is 22.7 Å². The summed E-state index contributed by atoms with van der Waals surface area (Å²) in [6.07, 6.45) is 1.62. The Hall–Kier alpha value is -1.73. The summed E-state index contributed by atoms with van der Waals surface area (Å²) >= 11 is 6.21. The molecule has 98 valence electrons. The topological polar surface area (TPSA) is 63.5 Å². The molecule has 0 radical (unpaired) electrons. The van der Waals surface area contributed by atoms with Crippen LogP contribution in [-0.4, -0.2) is 27.1 Å². The molecular weight excluding hydrogens is 284 g/mol. The predicted octanol–water partition coefficient (Wildman–Crippen LogP) is 2.73. The minimum Gasteiger partial charge on any atom is -0.296 e. The van der Waals surface area contributed by atoms with Crippen LogP contribution in [0.2, 0.25) is 0 Å². The maximum atomic E-state index is 11.8. The van der Waals surface area contributed by atoms with Gasteiger partial charge in [0, 0.05) is 18.7 Å². The Kier molecular flexibility index (Phi) is 3.68. The van der Waals surface area contributed by atoms with Crippen LogP contribution in [0.3, 0.4) is 0 Å². The molecule has 1 aliphatic rings. The van der Waals surface area contributed by atoms with E-state index in [2.05, 4.69) is 0 Å². The minimum atomic E-state index is -0.433. The maximum Gasteiger partial charge on any atom is 0.272 e. The molecule has 0 bridgehead atoms. The lowest BCUT2D eigenvalue weighted by Crippen LogP contribution is -2.22. The Labute approximate surface area is 119 Å². The van der Waals surface area contributed by atoms with Gasteiger partial charge in [-0.25, -0.2) is 0 Å². The summed E-state index contributed by atoms with van der Waals surface area (Å²) < 4.78 is 0.484. The zero-order valence-corrected chi connectivity index (χ0v) is 11.9. The number of benzene rings is 1. The number of likely N-dealkylation sites (N-methyl/N-ethyl adjacent to an activating group) is 1. The maximum absolute atomic E-state index is 11.8. The normalized spacial score (nSPS) is 17.4. The first-order valence-electron chi connectivity index (χ1n) is 5.37. The third-order valence-electron chi connectivity index (χ3n) is 2.71. The van der Waals surface area contributed by atoms with Gasteiger partial charge in [0.25, 0.3) is 11.6 Å². The Morgan fingerprint density at radius 3 is 2.68 bits per heavy atom. The SMILES string of the molecule is Cc1ccc(/C=C2\SC(=S)N(C)C2=O)cc1[N+](=O)[O-]. The summed E-state index contributed by atoms with van der Waals surface area (Å²) in [5.74, 6) is -0.182. The van der Waals surface area contributed by atoms with Gasteiger partial charge in [-0.15, -0.1) is 0 Å². The van der Waals surface area contributed by atoms with Gasteiger partial charge < -0.3 is 0 Å². The second-order valence-electron chi connectivity index (χ2n) is 4.04. The number of carbonyl (C=O) groups is 1. The van der Waals surface area contributed by atoms with Gasteiger partial charge in [-0.1, -0.05) is 36.1 Å². The number of thiocarbonyl (C=S) groups is 1. The smallest absolute Gasteiger partial charge is 0.272 e. The van der Waals surface area contributed by atoms with Crippen molar-refractivity contribution in [2.24, 2.45) is 0 Å². The van der Waals surface area contributed by atoms with Crippen LogP contribution in [0.1, 0.15) is 11.1 Å². The van der Waals surface area contributed by atoms with Crippen LogP contribution in [-0.2, 0) is 4.79 Å². The molecule has 1 fully saturated rings. The molecule has 0 aromatic heterocycles. The van der Waals surface area contributed by atoms with Crippen LogP contribution in [0.5, 0.6) is 0 Å². The molecule has 0 spiro atoms. The van der Waals surface area contributed by atoms with Crippen LogP contribution in [0.4, 0.5) is 5.69 Å². The van der Waals surface area contributed by atoms with Crippen LogP contribution in [0.15, 0.2) is 23.1 Å². The van der Waals surface area contributed by atoms with Gasteiger partial charge in [0.05, 0.1) is 9.83 Å². The van der Waals surface area contributed by atoms with E-state index in [9.17, 15) is 14.9 Å². The van der Waals surface area contributed by atoms with Gasteiger partial charge >= 0.3 is 0 Å². The molecule has 0 unspecified atom stereocenters. The quantitative estimate of drug-likeness (QED) is 0.363. The van der Waals surface area contributed by atoms with E-state index in [-0.39, 0.29) is 11.6 Å². The highest BCUT2D eigenvalue weighted by Crippen LogP contribution is 2.32. The monoisotopic (exact) mass is 294 g/mol. The molecule has 5 nitrogen and oxygen atoms in total. The molecule has 19 heavy (non-hydrogen) atoms. The van der Waals surface area contributed by atoms with Crippen molar-refractivity contribution < 1.29 is 9.72 Å². The van der Waals surface area contributed by atoms with Crippen LogP contribution < -0.4 is 0 Å². The molecule has 1 aromatic carbocycles. The van der Waals surface area contributed by atoms with Crippen molar-refractivity contribution in [3.05, 3.63) is 44.3 Å². The number of hydrogen-bond donors (Lipinski definition) is 0. The Balaban J connectivity index is 2.39. The fraction of sp³-hybridized carbons (Fsp3) is 0.167. The van der Waals surface area contributed by atoms with Crippen molar-refractivity contribution in [1.82, 2.24) is 4.90 Å². The number of nitro groups is 1. The zero-order chi connectivity index (χ0) is 14.2. The molecule has 7 heteroatoms. The fourth-order valence-electron chi connectivity index (χ4n) is 1.61. The van der Waals surface area contributed by atoms with E-state index in [0.29, 0.717) is 20.4 Å². The second kappa shape index (κ2) is 5.10.